The van der Waals surface area contributed by atoms with Crippen molar-refractivity contribution in [3.8, 4) is 0 Å². The zero-order valence-electron chi connectivity index (χ0n) is 11.7. The highest BCUT2D eigenvalue weighted by Gasteiger charge is 2.42. The van der Waals surface area contributed by atoms with Crippen molar-refractivity contribution in [3.05, 3.63) is 28.8 Å². The standard InChI is InChI=1S/C14H12ClNO6/c1-14(2)21-12(19)8(13(20)22-14)6-16-10-4-3-7(11(17)18)5-9(10)15/h3-6,8H,1-2H3,(H,17,18). The Morgan fingerprint density at radius 2 is 1.91 bits per heavy atom. The third-order valence-corrected chi connectivity index (χ3v) is 3.06. The second-order valence-corrected chi connectivity index (χ2v) is 5.38. The lowest BCUT2D eigenvalue weighted by Crippen LogP contribution is -2.46. The molecule has 116 valence electrons. The molecule has 0 spiro atoms. The third kappa shape index (κ3) is 3.43. The number of halogens is 1. The third-order valence-electron chi connectivity index (χ3n) is 2.76. The normalized spacial score (nSPS) is 18.1. The Balaban J connectivity index is 2.20. The summed E-state index contributed by atoms with van der Waals surface area (Å²) >= 11 is 5.90. The Morgan fingerprint density at radius 3 is 2.41 bits per heavy atom. The number of hydrogen-bond acceptors (Lipinski definition) is 6. The van der Waals surface area contributed by atoms with Gasteiger partial charge in [-0.1, -0.05) is 11.6 Å². The molecule has 0 unspecified atom stereocenters. The van der Waals surface area contributed by atoms with E-state index in [4.69, 9.17) is 26.2 Å². The topological polar surface area (TPSA) is 102 Å². The fourth-order valence-electron chi connectivity index (χ4n) is 1.75. The van der Waals surface area contributed by atoms with Crippen LogP contribution in [0.4, 0.5) is 5.69 Å². The van der Waals surface area contributed by atoms with Crippen LogP contribution in [0.2, 0.25) is 5.02 Å². The van der Waals surface area contributed by atoms with Crippen LogP contribution in [0.1, 0.15) is 24.2 Å². The maximum absolute atomic E-state index is 11.7. The molecule has 1 aromatic rings. The molecular formula is C14H12ClNO6. The minimum Gasteiger partial charge on any atom is -0.478 e. The molecule has 1 fully saturated rings. The van der Waals surface area contributed by atoms with E-state index in [1.807, 2.05) is 0 Å². The summed E-state index contributed by atoms with van der Waals surface area (Å²) in [5.41, 5.74) is 0.222. The van der Waals surface area contributed by atoms with Gasteiger partial charge in [0, 0.05) is 20.1 Å². The monoisotopic (exact) mass is 325 g/mol. The molecule has 1 aromatic carbocycles. The van der Waals surface area contributed by atoms with E-state index in [9.17, 15) is 14.4 Å². The lowest BCUT2D eigenvalue weighted by Gasteiger charge is -2.31. The number of carboxylic acids is 1. The predicted octanol–water partition coefficient (Wildman–Crippen LogP) is 2.19. The second-order valence-electron chi connectivity index (χ2n) is 4.97. The Bertz CT molecular complexity index is 662. The number of hydrogen-bond donors (Lipinski definition) is 1. The highest BCUT2D eigenvalue weighted by Crippen LogP contribution is 2.27. The molecule has 1 aliphatic rings. The number of esters is 2. The number of nitrogens with zero attached hydrogens (tertiary/aromatic N) is 1. The summed E-state index contributed by atoms with van der Waals surface area (Å²) in [5.74, 6) is -5.27. The summed E-state index contributed by atoms with van der Waals surface area (Å²) in [5, 5.41) is 8.91. The molecule has 0 atom stereocenters. The molecular weight excluding hydrogens is 314 g/mol. The summed E-state index contributed by atoms with van der Waals surface area (Å²) in [7, 11) is 0. The van der Waals surface area contributed by atoms with E-state index in [1.54, 1.807) is 0 Å². The molecule has 1 heterocycles. The largest absolute Gasteiger partial charge is 0.478 e. The number of aliphatic imine (C=N–C) groups is 1. The van der Waals surface area contributed by atoms with Gasteiger partial charge in [-0.15, -0.1) is 0 Å². The van der Waals surface area contributed by atoms with Gasteiger partial charge in [-0.3, -0.25) is 14.6 Å². The first-order valence-electron chi connectivity index (χ1n) is 6.22. The number of carbonyl (C=O) groups excluding carboxylic acids is 2. The van der Waals surface area contributed by atoms with Crippen LogP contribution in [-0.4, -0.2) is 35.0 Å². The predicted molar refractivity (Wildman–Crippen MR) is 76.3 cm³/mol. The van der Waals surface area contributed by atoms with Crippen molar-refractivity contribution in [3.63, 3.8) is 0 Å². The Labute approximate surface area is 130 Å². The average Bonchev–Trinajstić information content (AvgIpc) is 2.37. The van der Waals surface area contributed by atoms with E-state index >= 15 is 0 Å². The lowest BCUT2D eigenvalue weighted by atomic mass is 10.1. The molecule has 1 aliphatic heterocycles. The SMILES string of the molecule is CC1(C)OC(=O)C(C=Nc2ccc(C(=O)O)cc2Cl)C(=O)O1. The molecule has 1 saturated heterocycles. The van der Waals surface area contributed by atoms with Gasteiger partial charge in [0.05, 0.1) is 16.3 Å². The molecule has 0 bridgehead atoms. The van der Waals surface area contributed by atoms with Gasteiger partial charge in [0.15, 0.2) is 5.92 Å². The van der Waals surface area contributed by atoms with Crippen LogP contribution in [0.25, 0.3) is 0 Å². The number of cyclic esters (lactones) is 2. The number of carbonyl (C=O) groups is 3. The average molecular weight is 326 g/mol. The second kappa shape index (κ2) is 5.76. The van der Waals surface area contributed by atoms with Gasteiger partial charge in [-0.2, -0.15) is 0 Å². The van der Waals surface area contributed by atoms with E-state index in [1.165, 1.54) is 32.0 Å². The van der Waals surface area contributed by atoms with Crippen LogP contribution < -0.4 is 0 Å². The van der Waals surface area contributed by atoms with Crippen molar-refractivity contribution in [1.29, 1.82) is 0 Å². The molecule has 0 aliphatic carbocycles. The molecule has 7 nitrogen and oxygen atoms in total. The molecule has 8 heteroatoms. The fourth-order valence-corrected chi connectivity index (χ4v) is 1.98. The first-order valence-corrected chi connectivity index (χ1v) is 6.60. The number of aromatic carboxylic acids is 1. The van der Waals surface area contributed by atoms with Crippen molar-refractivity contribution in [1.82, 2.24) is 0 Å². The smallest absolute Gasteiger partial charge is 0.335 e. The van der Waals surface area contributed by atoms with E-state index in [0.29, 0.717) is 0 Å². The van der Waals surface area contributed by atoms with Crippen LogP contribution in [0, 0.1) is 5.92 Å². The van der Waals surface area contributed by atoms with E-state index in [2.05, 4.69) is 4.99 Å². The minimum atomic E-state index is -1.31. The van der Waals surface area contributed by atoms with E-state index in [-0.39, 0.29) is 16.3 Å². The van der Waals surface area contributed by atoms with Gasteiger partial charge in [0.1, 0.15) is 0 Å². The van der Waals surface area contributed by atoms with Crippen LogP contribution in [0.15, 0.2) is 23.2 Å². The Morgan fingerprint density at radius 1 is 1.32 bits per heavy atom. The van der Waals surface area contributed by atoms with Crippen molar-refractivity contribution in [2.24, 2.45) is 10.9 Å². The number of rotatable bonds is 3. The van der Waals surface area contributed by atoms with Gasteiger partial charge in [0.25, 0.3) is 5.79 Å². The first-order chi connectivity index (χ1) is 10.2. The maximum atomic E-state index is 11.7. The quantitative estimate of drug-likeness (QED) is 0.519. The summed E-state index contributed by atoms with van der Waals surface area (Å²) in [6, 6.07) is 3.89. The van der Waals surface area contributed by atoms with E-state index < -0.39 is 29.6 Å². The van der Waals surface area contributed by atoms with Crippen molar-refractivity contribution < 1.29 is 29.0 Å². The summed E-state index contributed by atoms with van der Waals surface area (Å²) in [6.45, 7) is 2.88. The fraction of sp³-hybridized carbons (Fsp3) is 0.286. The van der Waals surface area contributed by atoms with Crippen LogP contribution in [0.3, 0.4) is 0 Å². The molecule has 0 saturated carbocycles. The molecule has 0 radical (unpaired) electrons. The highest BCUT2D eigenvalue weighted by atomic mass is 35.5. The molecule has 1 N–H and O–H groups in total. The summed E-state index contributed by atoms with van der Waals surface area (Å²) < 4.78 is 9.88. The Kier molecular flexibility index (Phi) is 4.18. The zero-order valence-corrected chi connectivity index (χ0v) is 12.5. The number of carboxylic acid groups (broad SMARTS) is 1. The number of benzene rings is 1. The summed E-state index contributed by atoms with van der Waals surface area (Å²) in [6.07, 6.45) is 1.06. The van der Waals surface area contributed by atoms with Gasteiger partial charge < -0.3 is 14.6 Å². The van der Waals surface area contributed by atoms with Crippen molar-refractivity contribution >= 4 is 41.4 Å². The van der Waals surface area contributed by atoms with Crippen LogP contribution >= 0.6 is 11.6 Å². The van der Waals surface area contributed by atoms with Crippen LogP contribution in [0.5, 0.6) is 0 Å². The van der Waals surface area contributed by atoms with Gasteiger partial charge in [-0.25, -0.2) is 4.79 Å². The Hall–Kier alpha value is -2.41. The maximum Gasteiger partial charge on any atom is 0.335 e. The van der Waals surface area contributed by atoms with Gasteiger partial charge >= 0.3 is 17.9 Å². The molecule has 22 heavy (non-hydrogen) atoms. The molecule has 0 amide bonds. The lowest BCUT2D eigenvalue weighted by molar-refractivity contribution is -0.235. The first kappa shape index (κ1) is 16.0. The molecule has 2 rings (SSSR count). The van der Waals surface area contributed by atoms with E-state index in [0.717, 1.165) is 6.21 Å². The number of ether oxygens (including phenoxy) is 2. The van der Waals surface area contributed by atoms with Gasteiger partial charge in [-0.05, 0) is 18.2 Å². The van der Waals surface area contributed by atoms with Crippen molar-refractivity contribution in [2.45, 2.75) is 19.6 Å². The summed E-state index contributed by atoms with van der Waals surface area (Å²) in [4.78, 5) is 38.2. The molecule has 0 aromatic heterocycles. The zero-order chi connectivity index (χ0) is 16.5. The minimum absolute atomic E-state index is 0.00202. The van der Waals surface area contributed by atoms with Gasteiger partial charge in [0.2, 0.25) is 0 Å². The van der Waals surface area contributed by atoms with Crippen LogP contribution in [-0.2, 0) is 19.1 Å². The van der Waals surface area contributed by atoms with Crippen molar-refractivity contribution in [2.75, 3.05) is 0 Å². The highest BCUT2D eigenvalue weighted by molar-refractivity contribution is 6.33.